The Hall–Kier alpha value is -2.27. The highest BCUT2D eigenvalue weighted by Crippen LogP contribution is 2.24. The predicted octanol–water partition coefficient (Wildman–Crippen LogP) is 3.60. The fourth-order valence-electron chi connectivity index (χ4n) is 2.27. The first kappa shape index (κ1) is 14.7. The minimum atomic E-state index is -0.0247. The molecule has 0 unspecified atom stereocenters. The molecule has 3 aromatic rings. The van der Waals surface area contributed by atoms with Crippen LogP contribution in [0.2, 0.25) is 0 Å². The second kappa shape index (κ2) is 6.66. The summed E-state index contributed by atoms with van der Waals surface area (Å²) in [6.45, 7) is 2.55. The van der Waals surface area contributed by atoms with Crippen LogP contribution >= 0.6 is 11.8 Å². The van der Waals surface area contributed by atoms with Crippen LogP contribution in [0.5, 0.6) is 0 Å². The lowest BCUT2D eigenvalue weighted by Gasteiger charge is -2.08. The van der Waals surface area contributed by atoms with Gasteiger partial charge in [-0.3, -0.25) is 4.79 Å². The fraction of sp³-hybridized carbons (Fsp3) is 0.176. The van der Waals surface area contributed by atoms with E-state index in [0.29, 0.717) is 12.3 Å². The largest absolute Gasteiger partial charge is 0.352 e. The lowest BCUT2D eigenvalue weighted by molar-refractivity contribution is 0.0955. The number of fused-ring (bicyclic) bond motifs is 1. The van der Waals surface area contributed by atoms with Gasteiger partial charge in [0.2, 0.25) is 0 Å². The maximum absolute atomic E-state index is 12.1. The number of aromatic amines is 1. The van der Waals surface area contributed by atoms with E-state index in [4.69, 9.17) is 0 Å². The number of hydrogen-bond acceptors (Lipinski definition) is 3. The van der Waals surface area contributed by atoms with Crippen molar-refractivity contribution in [2.75, 3.05) is 6.54 Å². The highest BCUT2D eigenvalue weighted by Gasteiger charge is 2.11. The molecular formula is C17H17N3OS. The van der Waals surface area contributed by atoms with E-state index in [-0.39, 0.29) is 5.91 Å². The van der Waals surface area contributed by atoms with Crippen molar-refractivity contribution in [2.45, 2.75) is 17.8 Å². The van der Waals surface area contributed by atoms with Crippen LogP contribution in [0.15, 0.2) is 53.7 Å². The number of nitrogens with zero attached hydrogens (tertiary/aromatic N) is 1. The average Bonchev–Trinajstić information content (AvgIpc) is 2.96. The van der Waals surface area contributed by atoms with E-state index in [1.54, 1.807) is 11.8 Å². The van der Waals surface area contributed by atoms with Crippen molar-refractivity contribution in [3.8, 4) is 0 Å². The highest BCUT2D eigenvalue weighted by molar-refractivity contribution is 7.98. The van der Waals surface area contributed by atoms with Gasteiger partial charge in [0.1, 0.15) is 0 Å². The maximum atomic E-state index is 12.1. The first-order valence-corrected chi connectivity index (χ1v) is 8.20. The van der Waals surface area contributed by atoms with Gasteiger partial charge in [-0.2, -0.15) is 0 Å². The Labute approximate surface area is 133 Å². The Bertz CT molecular complexity index is 764. The van der Waals surface area contributed by atoms with Crippen LogP contribution in [0.4, 0.5) is 0 Å². The highest BCUT2D eigenvalue weighted by atomic mass is 32.2. The molecule has 4 nitrogen and oxygen atoms in total. The van der Waals surface area contributed by atoms with Gasteiger partial charge in [-0.05, 0) is 30.7 Å². The average molecular weight is 311 g/mol. The van der Waals surface area contributed by atoms with Crippen molar-refractivity contribution in [1.82, 2.24) is 15.3 Å². The molecular weight excluding hydrogens is 294 g/mol. The first-order chi connectivity index (χ1) is 10.8. The van der Waals surface area contributed by atoms with E-state index in [1.165, 1.54) is 0 Å². The number of rotatable bonds is 5. The van der Waals surface area contributed by atoms with E-state index in [0.717, 1.165) is 27.3 Å². The number of carbonyl (C=O) groups is 1. The Kier molecular flexibility index (Phi) is 4.44. The molecule has 0 aliphatic rings. The molecule has 0 saturated heterocycles. The summed E-state index contributed by atoms with van der Waals surface area (Å²) in [6, 6.07) is 15.6. The molecule has 0 aliphatic carbocycles. The van der Waals surface area contributed by atoms with Gasteiger partial charge < -0.3 is 10.3 Å². The Morgan fingerprint density at radius 2 is 1.95 bits per heavy atom. The lowest BCUT2D eigenvalue weighted by Crippen LogP contribution is -2.23. The molecule has 112 valence electrons. The van der Waals surface area contributed by atoms with Crippen molar-refractivity contribution >= 4 is 28.7 Å². The molecule has 22 heavy (non-hydrogen) atoms. The van der Waals surface area contributed by atoms with Crippen molar-refractivity contribution in [3.05, 3.63) is 59.7 Å². The third-order valence-electron chi connectivity index (χ3n) is 3.33. The van der Waals surface area contributed by atoms with E-state index < -0.39 is 0 Å². The van der Waals surface area contributed by atoms with Crippen molar-refractivity contribution in [1.29, 1.82) is 0 Å². The summed E-state index contributed by atoms with van der Waals surface area (Å²) in [7, 11) is 0. The molecule has 3 rings (SSSR count). The third-order valence-corrected chi connectivity index (χ3v) is 4.25. The summed E-state index contributed by atoms with van der Waals surface area (Å²) in [4.78, 5) is 19.9. The van der Waals surface area contributed by atoms with Crippen molar-refractivity contribution in [2.24, 2.45) is 0 Å². The molecule has 2 aromatic carbocycles. The number of para-hydroxylation sites is 2. The Balaban J connectivity index is 1.77. The Morgan fingerprint density at radius 3 is 2.77 bits per heavy atom. The van der Waals surface area contributed by atoms with Gasteiger partial charge in [0.05, 0.1) is 11.0 Å². The van der Waals surface area contributed by atoms with E-state index >= 15 is 0 Å². The zero-order valence-corrected chi connectivity index (χ0v) is 13.1. The minimum Gasteiger partial charge on any atom is -0.352 e. The first-order valence-electron chi connectivity index (χ1n) is 7.21. The number of aromatic nitrogens is 2. The number of benzene rings is 2. The van der Waals surface area contributed by atoms with E-state index in [1.807, 2.05) is 55.5 Å². The number of hydrogen-bond donors (Lipinski definition) is 2. The second-order valence-electron chi connectivity index (χ2n) is 4.86. The van der Waals surface area contributed by atoms with Crippen LogP contribution in [0.25, 0.3) is 11.0 Å². The van der Waals surface area contributed by atoms with Crippen LogP contribution < -0.4 is 5.32 Å². The number of thioether (sulfide) groups is 1. The van der Waals surface area contributed by atoms with Crippen LogP contribution in [0.1, 0.15) is 22.8 Å². The Morgan fingerprint density at radius 1 is 1.18 bits per heavy atom. The van der Waals surface area contributed by atoms with E-state index in [9.17, 15) is 4.79 Å². The van der Waals surface area contributed by atoms with Crippen molar-refractivity contribution < 1.29 is 4.79 Å². The third kappa shape index (κ3) is 3.14. The van der Waals surface area contributed by atoms with Crippen molar-refractivity contribution in [3.63, 3.8) is 0 Å². The molecule has 0 radical (unpaired) electrons. The second-order valence-corrected chi connectivity index (χ2v) is 5.83. The van der Waals surface area contributed by atoms with Crippen LogP contribution in [-0.2, 0) is 5.75 Å². The monoisotopic (exact) mass is 311 g/mol. The van der Waals surface area contributed by atoms with Gasteiger partial charge in [-0.25, -0.2) is 4.98 Å². The molecule has 0 atom stereocenters. The fourth-order valence-corrected chi connectivity index (χ4v) is 3.16. The summed E-state index contributed by atoms with van der Waals surface area (Å²) in [5.74, 6) is 0.677. The SMILES string of the molecule is CCNC(=O)c1ccccc1CSc1nc2ccccc2[nH]1. The maximum Gasteiger partial charge on any atom is 0.251 e. The van der Waals surface area contributed by atoms with Crippen LogP contribution in [0, 0.1) is 0 Å². The molecule has 1 amide bonds. The molecule has 0 bridgehead atoms. The number of H-pyrrole nitrogens is 1. The van der Waals surface area contributed by atoms with Gasteiger partial charge in [-0.1, -0.05) is 42.1 Å². The van der Waals surface area contributed by atoms with Gasteiger partial charge in [0.25, 0.3) is 5.91 Å². The summed E-state index contributed by atoms with van der Waals surface area (Å²) < 4.78 is 0. The molecule has 0 saturated carbocycles. The number of imidazole rings is 1. The summed E-state index contributed by atoms with van der Waals surface area (Å²) in [5.41, 5.74) is 3.73. The zero-order valence-electron chi connectivity index (χ0n) is 12.3. The van der Waals surface area contributed by atoms with Gasteiger partial charge >= 0.3 is 0 Å². The number of nitrogens with one attached hydrogen (secondary N) is 2. The zero-order chi connectivity index (χ0) is 15.4. The predicted molar refractivity (Wildman–Crippen MR) is 90.1 cm³/mol. The van der Waals surface area contributed by atoms with Crippen LogP contribution in [0.3, 0.4) is 0 Å². The summed E-state index contributed by atoms with van der Waals surface area (Å²) in [5, 5.41) is 3.72. The molecule has 1 heterocycles. The molecule has 0 fully saturated rings. The van der Waals surface area contributed by atoms with E-state index in [2.05, 4.69) is 15.3 Å². The smallest absolute Gasteiger partial charge is 0.251 e. The quantitative estimate of drug-likeness (QED) is 0.708. The van der Waals surface area contributed by atoms with Gasteiger partial charge in [0, 0.05) is 17.9 Å². The topological polar surface area (TPSA) is 57.8 Å². The summed E-state index contributed by atoms with van der Waals surface area (Å²) >= 11 is 1.60. The molecule has 5 heteroatoms. The molecule has 1 aromatic heterocycles. The molecule has 0 spiro atoms. The standard InChI is InChI=1S/C17H17N3OS/c1-2-18-16(21)13-8-4-3-7-12(13)11-22-17-19-14-9-5-6-10-15(14)20-17/h3-10H,2,11H2,1H3,(H,18,21)(H,19,20). The minimum absolute atomic E-state index is 0.0247. The number of amides is 1. The number of carbonyl (C=O) groups excluding carboxylic acids is 1. The molecule has 2 N–H and O–H groups in total. The van der Waals surface area contributed by atoms with Gasteiger partial charge in [0.15, 0.2) is 5.16 Å². The molecule has 0 aliphatic heterocycles. The summed E-state index contributed by atoms with van der Waals surface area (Å²) in [6.07, 6.45) is 0. The van der Waals surface area contributed by atoms with Gasteiger partial charge in [-0.15, -0.1) is 0 Å². The lowest BCUT2D eigenvalue weighted by atomic mass is 10.1. The van der Waals surface area contributed by atoms with Crippen LogP contribution in [-0.4, -0.2) is 22.4 Å². The normalized spacial score (nSPS) is 10.8.